The number of carbonyl (C=O) groups excluding carboxylic acids is 1. The molecule has 0 unspecified atom stereocenters. The van der Waals surface area contributed by atoms with E-state index in [1.165, 1.54) is 12.8 Å². The van der Waals surface area contributed by atoms with Crippen LogP contribution in [0.3, 0.4) is 0 Å². The van der Waals surface area contributed by atoms with Crippen LogP contribution in [0.25, 0.3) is 0 Å². The topological polar surface area (TPSA) is 57.3 Å². The monoisotopic (exact) mass is 516 g/mol. The van der Waals surface area contributed by atoms with E-state index in [4.69, 9.17) is 9.47 Å². The average molecular weight is 517 g/mol. The lowest BCUT2D eigenvalue weighted by Gasteiger charge is -2.39. The molecule has 4 rings (SSSR count). The maximum absolute atomic E-state index is 13.6. The molecule has 0 saturated carbocycles. The number of hydrogen-bond acceptors (Lipinski definition) is 5. The molecule has 2 fully saturated rings. The molecule has 37 heavy (non-hydrogen) atoms. The second kappa shape index (κ2) is 13.1. The van der Waals surface area contributed by atoms with Crippen molar-refractivity contribution < 1.29 is 23.0 Å². The predicted octanol–water partition coefficient (Wildman–Crippen LogP) is 5.20. The maximum Gasteiger partial charge on any atom is 0.387 e. The predicted molar refractivity (Wildman–Crippen MR) is 141 cm³/mol. The molecule has 0 radical (unpaired) electrons. The first-order valence-electron chi connectivity index (χ1n) is 13.1. The summed E-state index contributed by atoms with van der Waals surface area (Å²) in [5.41, 5.74) is 2.47. The first-order valence-corrected chi connectivity index (χ1v) is 13.1. The van der Waals surface area contributed by atoms with E-state index in [2.05, 4.69) is 15.1 Å². The number of benzene rings is 2. The normalized spacial score (nSPS) is 17.2. The molecule has 2 aliphatic rings. The van der Waals surface area contributed by atoms with E-state index >= 15 is 0 Å². The molecule has 0 atom stereocenters. The fraction of sp³-hybridized carbons (Fsp3) is 0.536. The summed E-state index contributed by atoms with van der Waals surface area (Å²) in [6, 6.07) is 12.7. The number of likely N-dealkylation sites (tertiary alicyclic amines) is 2. The average Bonchev–Trinajstić information content (AvgIpc) is 3.40. The number of ether oxygens (including phenoxy) is 2. The lowest BCUT2D eigenvalue weighted by molar-refractivity contribution is -0.0508. The van der Waals surface area contributed by atoms with Crippen molar-refractivity contribution in [2.24, 2.45) is 0 Å². The Kier molecular flexibility index (Phi) is 9.57. The molecule has 2 heterocycles. The van der Waals surface area contributed by atoms with Crippen LogP contribution in [0.15, 0.2) is 42.5 Å². The number of nitrogens with zero attached hydrogens (tertiary/aromatic N) is 3. The van der Waals surface area contributed by atoms with Crippen molar-refractivity contribution in [2.45, 2.75) is 51.8 Å². The van der Waals surface area contributed by atoms with Crippen molar-refractivity contribution >= 4 is 11.7 Å². The number of para-hydroxylation sites is 1. The molecule has 0 spiro atoms. The SMILES string of the molecule is COc1ccc(C)cc1NC(=O)N(CCN1CCCC1)C1CCN(Cc2ccccc2OC(F)F)CC1. The van der Waals surface area contributed by atoms with Gasteiger partial charge < -0.3 is 24.6 Å². The molecule has 2 aromatic rings. The number of hydrogen-bond donors (Lipinski definition) is 1. The van der Waals surface area contributed by atoms with Gasteiger partial charge in [-0.25, -0.2) is 4.79 Å². The van der Waals surface area contributed by atoms with Crippen molar-refractivity contribution in [1.82, 2.24) is 14.7 Å². The number of piperidine rings is 1. The Bertz CT molecular complexity index is 1020. The van der Waals surface area contributed by atoms with Gasteiger partial charge in [-0.3, -0.25) is 4.90 Å². The lowest BCUT2D eigenvalue weighted by Crippen LogP contribution is -2.50. The number of amides is 2. The third-order valence-electron chi connectivity index (χ3n) is 7.29. The van der Waals surface area contributed by atoms with Crippen LogP contribution in [0.4, 0.5) is 19.3 Å². The molecule has 2 aliphatic heterocycles. The van der Waals surface area contributed by atoms with E-state index in [1.807, 2.05) is 42.2 Å². The fourth-order valence-electron chi connectivity index (χ4n) is 5.29. The van der Waals surface area contributed by atoms with Crippen molar-refractivity contribution in [3.8, 4) is 11.5 Å². The van der Waals surface area contributed by atoms with Gasteiger partial charge in [0.1, 0.15) is 11.5 Å². The Morgan fingerprint density at radius 2 is 1.78 bits per heavy atom. The van der Waals surface area contributed by atoms with Crippen LogP contribution in [0.5, 0.6) is 11.5 Å². The zero-order valence-corrected chi connectivity index (χ0v) is 21.8. The third-order valence-corrected chi connectivity index (χ3v) is 7.29. The number of nitrogens with one attached hydrogen (secondary N) is 1. The number of alkyl halides is 2. The van der Waals surface area contributed by atoms with Crippen LogP contribution < -0.4 is 14.8 Å². The van der Waals surface area contributed by atoms with Crippen molar-refractivity contribution in [3.63, 3.8) is 0 Å². The number of urea groups is 1. The standard InChI is InChI=1S/C28H38F2N4O3/c1-21-9-10-26(36-2)24(19-21)31-28(35)34(18-17-32-13-5-6-14-32)23-11-15-33(16-12-23)20-22-7-3-4-8-25(22)37-27(29)30/h3-4,7-10,19,23,27H,5-6,11-18,20H2,1-2H3,(H,31,35). The van der Waals surface area contributed by atoms with Crippen LogP contribution in [-0.4, -0.2) is 79.8 Å². The highest BCUT2D eigenvalue weighted by Gasteiger charge is 2.29. The van der Waals surface area contributed by atoms with E-state index in [9.17, 15) is 13.6 Å². The minimum absolute atomic E-state index is 0.0993. The highest BCUT2D eigenvalue weighted by molar-refractivity contribution is 5.91. The van der Waals surface area contributed by atoms with Gasteiger partial charge in [0.25, 0.3) is 0 Å². The Labute approximate surface area is 218 Å². The Morgan fingerprint density at radius 3 is 2.49 bits per heavy atom. The summed E-state index contributed by atoms with van der Waals surface area (Å²) in [6.45, 7) is 4.91. The molecule has 0 bridgehead atoms. The van der Waals surface area contributed by atoms with E-state index in [1.54, 1.807) is 19.2 Å². The summed E-state index contributed by atoms with van der Waals surface area (Å²) in [5.74, 6) is 0.858. The molecule has 0 aromatic heterocycles. The largest absolute Gasteiger partial charge is 0.495 e. The van der Waals surface area contributed by atoms with Crippen LogP contribution in [0, 0.1) is 6.92 Å². The summed E-state index contributed by atoms with van der Waals surface area (Å²) in [5, 5.41) is 3.09. The summed E-state index contributed by atoms with van der Waals surface area (Å²) < 4.78 is 35.8. The molecule has 9 heteroatoms. The molecule has 202 valence electrons. The minimum Gasteiger partial charge on any atom is -0.495 e. The maximum atomic E-state index is 13.6. The molecular weight excluding hydrogens is 478 g/mol. The quantitative estimate of drug-likeness (QED) is 0.471. The number of rotatable bonds is 10. The molecule has 1 N–H and O–H groups in total. The van der Waals surface area contributed by atoms with E-state index in [0.29, 0.717) is 24.5 Å². The van der Waals surface area contributed by atoms with E-state index in [-0.39, 0.29) is 17.8 Å². The Morgan fingerprint density at radius 1 is 1.05 bits per heavy atom. The van der Waals surface area contributed by atoms with Crippen molar-refractivity contribution in [3.05, 3.63) is 53.6 Å². The van der Waals surface area contributed by atoms with E-state index in [0.717, 1.165) is 56.7 Å². The van der Waals surface area contributed by atoms with Crippen LogP contribution in [0.2, 0.25) is 0 Å². The zero-order chi connectivity index (χ0) is 26.2. The first kappa shape index (κ1) is 27.1. The van der Waals surface area contributed by atoms with Gasteiger partial charge in [-0.15, -0.1) is 0 Å². The number of anilines is 1. The smallest absolute Gasteiger partial charge is 0.387 e. The van der Waals surface area contributed by atoms with Crippen LogP contribution in [0.1, 0.15) is 36.8 Å². The zero-order valence-electron chi connectivity index (χ0n) is 21.8. The van der Waals surface area contributed by atoms with Gasteiger partial charge in [-0.2, -0.15) is 8.78 Å². The van der Waals surface area contributed by atoms with Crippen molar-refractivity contribution in [1.29, 1.82) is 0 Å². The summed E-state index contributed by atoms with van der Waals surface area (Å²) in [7, 11) is 1.60. The number of aryl methyl sites for hydroxylation is 1. The Hall–Kier alpha value is -2.91. The first-order chi connectivity index (χ1) is 17.9. The molecule has 0 aliphatic carbocycles. The van der Waals surface area contributed by atoms with Crippen LogP contribution in [-0.2, 0) is 6.54 Å². The van der Waals surface area contributed by atoms with Gasteiger partial charge >= 0.3 is 12.6 Å². The highest BCUT2D eigenvalue weighted by atomic mass is 19.3. The summed E-state index contributed by atoms with van der Waals surface area (Å²) in [6.07, 6.45) is 4.05. The molecular formula is C28H38F2N4O3. The highest BCUT2D eigenvalue weighted by Crippen LogP contribution is 2.28. The fourth-order valence-corrected chi connectivity index (χ4v) is 5.29. The van der Waals surface area contributed by atoms with Gasteiger partial charge in [0, 0.05) is 44.3 Å². The Balaban J connectivity index is 1.41. The third kappa shape index (κ3) is 7.55. The van der Waals surface area contributed by atoms with Crippen molar-refractivity contribution in [2.75, 3.05) is 51.7 Å². The van der Waals surface area contributed by atoms with Gasteiger partial charge in [0.15, 0.2) is 0 Å². The second-order valence-electron chi connectivity index (χ2n) is 9.87. The minimum atomic E-state index is -2.85. The number of halogens is 2. The van der Waals surface area contributed by atoms with Gasteiger partial charge in [-0.1, -0.05) is 24.3 Å². The second-order valence-corrected chi connectivity index (χ2v) is 9.87. The van der Waals surface area contributed by atoms with Gasteiger partial charge in [0.2, 0.25) is 0 Å². The van der Waals surface area contributed by atoms with Gasteiger partial charge in [-0.05, 0) is 69.5 Å². The lowest BCUT2D eigenvalue weighted by atomic mass is 10.0. The molecule has 2 amide bonds. The molecule has 2 aromatic carbocycles. The van der Waals surface area contributed by atoms with Crippen LogP contribution >= 0.6 is 0 Å². The summed E-state index contributed by atoms with van der Waals surface area (Å²) >= 11 is 0. The number of methoxy groups -OCH3 is 1. The molecule has 7 nitrogen and oxygen atoms in total. The summed E-state index contributed by atoms with van der Waals surface area (Å²) in [4.78, 5) is 20.2. The van der Waals surface area contributed by atoms with Gasteiger partial charge in [0.05, 0.1) is 12.8 Å². The molecule has 2 saturated heterocycles. The van der Waals surface area contributed by atoms with E-state index < -0.39 is 6.61 Å². The number of carbonyl (C=O) groups is 1.